The topological polar surface area (TPSA) is 55.9 Å². The van der Waals surface area contributed by atoms with Crippen molar-refractivity contribution in [3.05, 3.63) is 24.0 Å². The summed E-state index contributed by atoms with van der Waals surface area (Å²) < 4.78 is 7.59. The van der Waals surface area contributed by atoms with E-state index in [0.29, 0.717) is 0 Å². The first kappa shape index (κ1) is 12.8. The van der Waals surface area contributed by atoms with Gasteiger partial charge >= 0.3 is 0 Å². The van der Waals surface area contributed by atoms with Gasteiger partial charge in [-0.1, -0.05) is 6.92 Å². The molecule has 98 valence electrons. The Morgan fingerprint density at radius 3 is 2.89 bits per heavy atom. The third kappa shape index (κ3) is 2.79. The van der Waals surface area contributed by atoms with Crippen LogP contribution < -0.4 is 5.32 Å². The molecule has 0 atom stereocenters. The van der Waals surface area contributed by atoms with Gasteiger partial charge in [0.15, 0.2) is 11.7 Å². The highest BCUT2D eigenvalue weighted by Crippen LogP contribution is 2.23. The molecular formula is C13H20N4O. The van der Waals surface area contributed by atoms with Crippen molar-refractivity contribution in [2.45, 2.75) is 26.7 Å². The standard InChI is InChI=1S/C13H20N4O/c1-4-14-7-5-6-13-15-9-12(18-13)11-8-16-17(3)10(11)2/h8-9,14H,4-7H2,1-3H3. The maximum atomic E-state index is 5.75. The number of aryl methyl sites for hydroxylation is 2. The third-order valence-corrected chi connectivity index (χ3v) is 3.05. The molecular weight excluding hydrogens is 228 g/mol. The van der Waals surface area contributed by atoms with E-state index in [1.54, 1.807) is 6.20 Å². The highest BCUT2D eigenvalue weighted by atomic mass is 16.4. The molecule has 2 aromatic heterocycles. The lowest BCUT2D eigenvalue weighted by atomic mass is 10.2. The molecule has 0 aliphatic rings. The number of hydrogen-bond acceptors (Lipinski definition) is 4. The minimum absolute atomic E-state index is 0.797. The molecule has 0 saturated heterocycles. The van der Waals surface area contributed by atoms with Crippen molar-refractivity contribution < 1.29 is 4.42 Å². The molecule has 0 fully saturated rings. The van der Waals surface area contributed by atoms with E-state index in [4.69, 9.17) is 4.42 Å². The molecule has 5 nitrogen and oxygen atoms in total. The van der Waals surface area contributed by atoms with E-state index < -0.39 is 0 Å². The van der Waals surface area contributed by atoms with Gasteiger partial charge < -0.3 is 9.73 Å². The van der Waals surface area contributed by atoms with Gasteiger partial charge in [-0.2, -0.15) is 5.10 Å². The zero-order chi connectivity index (χ0) is 13.0. The van der Waals surface area contributed by atoms with Gasteiger partial charge in [0.2, 0.25) is 0 Å². The van der Waals surface area contributed by atoms with Gasteiger partial charge in [-0.05, 0) is 26.4 Å². The number of rotatable bonds is 6. The third-order valence-electron chi connectivity index (χ3n) is 3.05. The first-order valence-corrected chi connectivity index (χ1v) is 6.36. The summed E-state index contributed by atoms with van der Waals surface area (Å²) in [7, 11) is 1.92. The van der Waals surface area contributed by atoms with E-state index in [9.17, 15) is 0 Å². The minimum atomic E-state index is 0.797. The van der Waals surface area contributed by atoms with Gasteiger partial charge in [0.1, 0.15) is 0 Å². The second kappa shape index (κ2) is 5.82. The average Bonchev–Trinajstić information content (AvgIpc) is 2.94. The normalized spacial score (nSPS) is 11.1. The molecule has 2 heterocycles. The molecule has 0 bridgehead atoms. The highest BCUT2D eigenvalue weighted by molar-refractivity contribution is 5.58. The van der Waals surface area contributed by atoms with Gasteiger partial charge in [-0.25, -0.2) is 4.98 Å². The molecule has 0 aliphatic carbocycles. The van der Waals surface area contributed by atoms with Crippen LogP contribution in [-0.4, -0.2) is 27.9 Å². The number of nitrogens with zero attached hydrogens (tertiary/aromatic N) is 3. The van der Waals surface area contributed by atoms with Gasteiger partial charge in [0.25, 0.3) is 0 Å². The predicted molar refractivity (Wildman–Crippen MR) is 70.3 cm³/mol. The first-order valence-electron chi connectivity index (χ1n) is 6.36. The Morgan fingerprint density at radius 2 is 2.22 bits per heavy atom. The van der Waals surface area contributed by atoms with Crippen molar-refractivity contribution in [2.75, 3.05) is 13.1 Å². The maximum Gasteiger partial charge on any atom is 0.194 e. The van der Waals surface area contributed by atoms with Crippen molar-refractivity contribution in [2.24, 2.45) is 7.05 Å². The van der Waals surface area contributed by atoms with Crippen LogP contribution in [0.15, 0.2) is 16.8 Å². The van der Waals surface area contributed by atoms with Gasteiger partial charge in [0.05, 0.1) is 18.0 Å². The summed E-state index contributed by atoms with van der Waals surface area (Å²) in [6.07, 6.45) is 5.51. The first-order chi connectivity index (χ1) is 8.72. The Morgan fingerprint density at radius 1 is 1.39 bits per heavy atom. The smallest absolute Gasteiger partial charge is 0.194 e. The zero-order valence-corrected chi connectivity index (χ0v) is 11.2. The summed E-state index contributed by atoms with van der Waals surface area (Å²) in [6.45, 7) is 6.13. The van der Waals surface area contributed by atoms with E-state index in [0.717, 1.165) is 48.8 Å². The second-order valence-corrected chi connectivity index (χ2v) is 4.34. The lowest BCUT2D eigenvalue weighted by Gasteiger charge is -1.98. The molecule has 18 heavy (non-hydrogen) atoms. The molecule has 1 N–H and O–H groups in total. The van der Waals surface area contributed by atoms with Crippen LogP contribution in [0.4, 0.5) is 0 Å². The van der Waals surface area contributed by atoms with E-state index in [-0.39, 0.29) is 0 Å². The molecule has 0 radical (unpaired) electrons. The van der Waals surface area contributed by atoms with Gasteiger partial charge in [-0.15, -0.1) is 0 Å². The molecule has 0 aliphatic heterocycles. The highest BCUT2D eigenvalue weighted by Gasteiger charge is 2.11. The number of oxazole rings is 1. The molecule has 2 aromatic rings. The summed E-state index contributed by atoms with van der Waals surface area (Å²) in [5.41, 5.74) is 2.10. The number of nitrogens with one attached hydrogen (secondary N) is 1. The maximum absolute atomic E-state index is 5.75. The Kier molecular flexibility index (Phi) is 4.15. The molecule has 5 heteroatoms. The van der Waals surface area contributed by atoms with E-state index in [1.807, 2.05) is 24.9 Å². The molecule has 0 saturated carbocycles. The van der Waals surface area contributed by atoms with E-state index >= 15 is 0 Å². The zero-order valence-electron chi connectivity index (χ0n) is 11.2. The minimum Gasteiger partial charge on any atom is -0.441 e. The van der Waals surface area contributed by atoms with Crippen molar-refractivity contribution in [3.63, 3.8) is 0 Å². The molecule has 2 rings (SSSR count). The van der Waals surface area contributed by atoms with Crippen LogP contribution in [0.25, 0.3) is 11.3 Å². The summed E-state index contributed by atoms with van der Waals surface area (Å²) in [5.74, 6) is 1.60. The average molecular weight is 248 g/mol. The molecule has 0 aromatic carbocycles. The summed E-state index contributed by atoms with van der Waals surface area (Å²) in [5, 5.41) is 7.49. The summed E-state index contributed by atoms with van der Waals surface area (Å²) in [6, 6.07) is 0. The monoisotopic (exact) mass is 248 g/mol. The quantitative estimate of drug-likeness (QED) is 0.794. The van der Waals surface area contributed by atoms with Crippen LogP contribution in [-0.2, 0) is 13.5 Å². The van der Waals surface area contributed by atoms with Crippen molar-refractivity contribution in [3.8, 4) is 11.3 Å². The predicted octanol–water partition coefficient (Wildman–Crippen LogP) is 1.93. The van der Waals surface area contributed by atoms with Crippen molar-refractivity contribution in [1.29, 1.82) is 0 Å². The Bertz CT molecular complexity index is 501. The molecule has 0 unspecified atom stereocenters. The molecule has 0 spiro atoms. The lowest BCUT2D eigenvalue weighted by Crippen LogP contribution is -2.14. The Hall–Kier alpha value is -1.62. The Balaban J connectivity index is 2.00. The summed E-state index contributed by atoms with van der Waals surface area (Å²) in [4.78, 5) is 4.31. The van der Waals surface area contributed by atoms with Crippen LogP contribution >= 0.6 is 0 Å². The second-order valence-electron chi connectivity index (χ2n) is 4.34. The van der Waals surface area contributed by atoms with Crippen LogP contribution in [0, 0.1) is 6.92 Å². The largest absolute Gasteiger partial charge is 0.441 e. The lowest BCUT2D eigenvalue weighted by molar-refractivity contribution is 0.493. The van der Waals surface area contributed by atoms with Gasteiger partial charge in [-0.3, -0.25) is 4.68 Å². The number of hydrogen-bond donors (Lipinski definition) is 1. The van der Waals surface area contributed by atoms with Crippen molar-refractivity contribution >= 4 is 0 Å². The van der Waals surface area contributed by atoms with Crippen LogP contribution in [0.2, 0.25) is 0 Å². The SMILES string of the molecule is CCNCCCc1ncc(-c2cnn(C)c2C)o1. The fourth-order valence-electron chi connectivity index (χ4n) is 1.83. The van der Waals surface area contributed by atoms with Crippen LogP contribution in [0.3, 0.4) is 0 Å². The van der Waals surface area contributed by atoms with Crippen LogP contribution in [0.1, 0.15) is 24.9 Å². The van der Waals surface area contributed by atoms with E-state index in [2.05, 4.69) is 22.3 Å². The fourth-order valence-corrected chi connectivity index (χ4v) is 1.83. The van der Waals surface area contributed by atoms with Crippen molar-refractivity contribution in [1.82, 2.24) is 20.1 Å². The fraction of sp³-hybridized carbons (Fsp3) is 0.538. The van der Waals surface area contributed by atoms with Gasteiger partial charge in [0, 0.05) is 19.2 Å². The molecule has 0 amide bonds. The van der Waals surface area contributed by atoms with Crippen LogP contribution in [0.5, 0.6) is 0 Å². The Labute approximate surface area is 107 Å². The number of aromatic nitrogens is 3. The van der Waals surface area contributed by atoms with E-state index in [1.165, 1.54) is 0 Å². The summed E-state index contributed by atoms with van der Waals surface area (Å²) >= 11 is 0.